The van der Waals surface area contributed by atoms with Crippen LogP contribution in [0.2, 0.25) is 0 Å². The van der Waals surface area contributed by atoms with Gasteiger partial charge in [0, 0.05) is 39.6 Å². The van der Waals surface area contributed by atoms with E-state index in [1.54, 1.807) is 30.3 Å². The van der Waals surface area contributed by atoms with Crippen molar-refractivity contribution in [2.24, 2.45) is 0 Å². The molecule has 0 saturated carbocycles. The van der Waals surface area contributed by atoms with E-state index in [1.165, 1.54) is 16.2 Å². The van der Waals surface area contributed by atoms with E-state index in [-0.39, 0.29) is 11.5 Å². The summed E-state index contributed by atoms with van der Waals surface area (Å²) < 4.78 is 12.4. The van der Waals surface area contributed by atoms with Crippen LogP contribution in [0.3, 0.4) is 0 Å². The van der Waals surface area contributed by atoms with Crippen molar-refractivity contribution in [3.8, 4) is 0 Å². The minimum Gasteiger partial charge on any atom is -0.383 e. The summed E-state index contributed by atoms with van der Waals surface area (Å²) in [4.78, 5) is 32.8. The number of amides is 1. The Kier molecular flexibility index (Phi) is 8.19. The van der Waals surface area contributed by atoms with Crippen LogP contribution in [0.25, 0.3) is 11.7 Å². The molecule has 0 aromatic carbocycles. The molecule has 1 N–H and O–H groups in total. The molecular weight excluding hydrogens is 436 g/mol. The number of nitrogens with one attached hydrogen (secondary N) is 1. The third-order valence-electron chi connectivity index (χ3n) is 4.71. The Labute approximate surface area is 190 Å². The zero-order chi connectivity index (χ0) is 22.4. The van der Waals surface area contributed by atoms with Crippen LogP contribution >= 0.6 is 24.0 Å². The van der Waals surface area contributed by atoms with Gasteiger partial charge in [0.2, 0.25) is 0 Å². The Morgan fingerprint density at radius 1 is 1.32 bits per heavy atom. The van der Waals surface area contributed by atoms with E-state index in [0.29, 0.717) is 65.6 Å². The van der Waals surface area contributed by atoms with Crippen LogP contribution in [0.15, 0.2) is 28.0 Å². The Hall–Kier alpha value is -2.27. The second-order valence-electron chi connectivity index (χ2n) is 6.87. The van der Waals surface area contributed by atoms with Crippen molar-refractivity contribution in [2.75, 3.05) is 45.3 Å². The molecule has 0 spiro atoms. The summed E-state index contributed by atoms with van der Waals surface area (Å²) in [6, 6.07) is 3.69. The zero-order valence-corrected chi connectivity index (χ0v) is 19.5. The van der Waals surface area contributed by atoms with E-state index in [4.69, 9.17) is 21.7 Å². The van der Waals surface area contributed by atoms with Gasteiger partial charge >= 0.3 is 0 Å². The summed E-state index contributed by atoms with van der Waals surface area (Å²) in [7, 11) is 1.60. The van der Waals surface area contributed by atoms with Gasteiger partial charge in [0.25, 0.3) is 11.5 Å². The molecule has 1 saturated heterocycles. The summed E-state index contributed by atoms with van der Waals surface area (Å²) in [6.07, 6.45) is 3.95. The second kappa shape index (κ2) is 10.9. The van der Waals surface area contributed by atoms with Crippen molar-refractivity contribution in [3.63, 3.8) is 0 Å². The number of hydrogen-bond donors (Lipinski definition) is 1. The molecule has 1 aliphatic heterocycles. The first kappa shape index (κ1) is 23.4. The van der Waals surface area contributed by atoms with Crippen LogP contribution < -0.4 is 10.9 Å². The first-order chi connectivity index (χ1) is 15.0. The standard InChI is InChI=1S/C21H26N4O4S2/c1-4-29-11-6-10-25-20(27)16(31-21(25)30)13-15-17(22-8-12-28-3)23-18-14(2)7-5-9-24(18)19(15)26/h5,7,9,13,22H,4,6,8,10-12H2,1-3H3. The molecule has 31 heavy (non-hydrogen) atoms. The van der Waals surface area contributed by atoms with E-state index >= 15 is 0 Å². The Balaban J connectivity index is 1.97. The highest BCUT2D eigenvalue weighted by molar-refractivity contribution is 8.26. The molecule has 10 heteroatoms. The maximum Gasteiger partial charge on any atom is 0.267 e. The molecule has 166 valence electrons. The predicted molar refractivity (Wildman–Crippen MR) is 128 cm³/mol. The number of methoxy groups -OCH3 is 1. The molecule has 3 rings (SSSR count). The lowest BCUT2D eigenvalue weighted by Crippen LogP contribution is -2.29. The van der Waals surface area contributed by atoms with Gasteiger partial charge in [-0.1, -0.05) is 30.0 Å². The van der Waals surface area contributed by atoms with Crippen LogP contribution in [0.1, 0.15) is 24.5 Å². The zero-order valence-electron chi connectivity index (χ0n) is 17.8. The molecule has 8 nitrogen and oxygen atoms in total. The third kappa shape index (κ3) is 5.32. The molecule has 2 aromatic heterocycles. The highest BCUT2D eigenvalue weighted by atomic mass is 32.2. The number of carbonyl (C=O) groups is 1. The molecule has 0 unspecified atom stereocenters. The number of carbonyl (C=O) groups excluding carboxylic acids is 1. The van der Waals surface area contributed by atoms with Gasteiger partial charge in [-0.25, -0.2) is 4.98 Å². The van der Waals surface area contributed by atoms with Crippen molar-refractivity contribution in [3.05, 3.63) is 44.7 Å². The topological polar surface area (TPSA) is 85.2 Å². The maximum atomic E-state index is 13.3. The number of aryl methyl sites for hydroxylation is 1. The molecule has 0 bridgehead atoms. The van der Waals surface area contributed by atoms with E-state index in [0.717, 1.165) is 5.56 Å². The van der Waals surface area contributed by atoms with Crippen LogP contribution in [0.4, 0.5) is 5.82 Å². The lowest BCUT2D eigenvalue weighted by molar-refractivity contribution is -0.122. The molecular formula is C21H26N4O4S2. The fourth-order valence-electron chi connectivity index (χ4n) is 3.14. The summed E-state index contributed by atoms with van der Waals surface area (Å²) in [6.45, 7) is 6.44. The number of rotatable bonds is 10. The molecule has 1 aliphatic rings. The summed E-state index contributed by atoms with van der Waals surface area (Å²) in [5.74, 6) is 0.209. The number of thioether (sulfide) groups is 1. The Morgan fingerprint density at radius 2 is 2.13 bits per heavy atom. The van der Waals surface area contributed by atoms with Crippen molar-refractivity contribution in [2.45, 2.75) is 20.3 Å². The van der Waals surface area contributed by atoms with Gasteiger partial charge in [-0.15, -0.1) is 0 Å². The van der Waals surface area contributed by atoms with Crippen molar-refractivity contribution >= 4 is 51.7 Å². The average molecular weight is 463 g/mol. The van der Waals surface area contributed by atoms with Gasteiger partial charge < -0.3 is 14.8 Å². The Bertz CT molecular complexity index is 1070. The van der Waals surface area contributed by atoms with Crippen molar-refractivity contribution in [1.82, 2.24) is 14.3 Å². The number of aromatic nitrogens is 2. The van der Waals surface area contributed by atoms with E-state index in [1.807, 2.05) is 19.9 Å². The highest BCUT2D eigenvalue weighted by Gasteiger charge is 2.32. The maximum absolute atomic E-state index is 13.3. The summed E-state index contributed by atoms with van der Waals surface area (Å²) >= 11 is 6.58. The number of thiocarbonyl (C=S) groups is 1. The predicted octanol–water partition coefficient (Wildman–Crippen LogP) is 2.69. The summed E-state index contributed by atoms with van der Waals surface area (Å²) in [5.41, 5.74) is 1.50. The molecule has 3 heterocycles. The largest absolute Gasteiger partial charge is 0.383 e. The minimum absolute atomic E-state index is 0.205. The monoisotopic (exact) mass is 462 g/mol. The van der Waals surface area contributed by atoms with E-state index < -0.39 is 0 Å². The average Bonchev–Trinajstić information content (AvgIpc) is 3.01. The second-order valence-corrected chi connectivity index (χ2v) is 8.54. The van der Waals surface area contributed by atoms with Crippen LogP contribution in [0.5, 0.6) is 0 Å². The number of anilines is 1. The molecule has 0 atom stereocenters. The lowest BCUT2D eigenvalue weighted by Gasteiger charge is -2.14. The normalized spacial score (nSPS) is 15.5. The van der Waals surface area contributed by atoms with Crippen molar-refractivity contribution < 1.29 is 14.3 Å². The first-order valence-corrected chi connectivity index (χ1v) is 11.3. The number of pyridine rings is 1. The molecule has 0 radical (unpaired) electrons. The molecule has 0 aliphatic carbocycles. The number of hydrogen-bond acceptors (Lipinski definition) is 8. The smallest absolute Gasteiger partial charge is 0.267 e. The van der Waals surface area contributed by atoms with Gasteiger partial charge in [0.05, 0.1) is 17.1 Å². The first-order valence-electron chi connectivity index (χ1n) is 10.1. The fraction of sp³-hybridized carbons (Fsp3) is 0.429. The van der Waals surface area contributed by atoms with E-state index in [2.05, 4.69) is 10.3 Å². The van der Waals surface area contributed by atoms with Gasteiger partial charge in [-0.3, -0.25) is 18.9 Å². The van der Waals surface area contributed by atoms with Gasteiger partial charge in [-0.2, -0.15) is 0 Å². The molecule has 1 amide bonds. The van der Waals surface area contributed by atoms with Crippen LogP contribution in [-0.2, 0) is 14.3 Å². The fourth-order valence-corrected chi connectivity index (χ4v) is 4.43. The summed E-state index contributed by atoms with van der Waals surface area (Å²) in [5, 5.41) is 3.16. The van der Waals surface area contributed by atoms with Crippen molar-refractivity contribution in [1.29, 1.82) is 0 Å². The Morgan fingerprint density at radius 3 is 2.87 bits per heavy atom. The number of nitrogens with zero attached hydrogens (tertiary/aromatic N) is 3. The van der Waals surface area contributed by atoms with Crippen LogP contribution in [0, 0.1) is 6.92 Å². The van der Waals surface area contributed by atoms with Gasteiger partial charge in [-0.05, 0) is 38.0 Å². The quantitative estimate of drug-likeness (QED) is 0.328. The molecule has 1 fully saturated rings. The molecule has 2 aromatic rings. The minimum atomic E-state index is -0.254. The van der Waals surface area contributed by atoms with E-state index in [9.17, 15) is 9.59 Å². The number of ether oxygens (including phenoxy) is 2. The number of fused-ring (bicyclic) bond motifs is 1. The third-order valence-corrected chi connectivity index (χ3v) is 6.08. The SMILES string of the molecule is CCOCCCN1C(=O)C(=Cc2c(NCCOC)nc3c(C)cccn3c2=O)SC1=S. The lowest BCUT2D eigenvalue weighted by atomic mass is 10.2. The van der Waals surface area contributed by atoms with Gasteiger partial charge in [0.1, 0.15) is 15.8 Å². The van der Waals surface area contributed by atoms with Crippen LogP contribution in [-0.4, -0.2) is 64.5 Å². The van der Waals surface area contributed by atoms with Gasteiger partial charge in [0.15, 0.2) is 0 Å². The highest BCUT2D eigenvalue weighted by Crippen LogP contribution is 2.33.